The van der Waals surface area contributed by atoms with Gasteiger partial charge in [-0.15, -0.1) is 0 Å². The fourth-order valence-corrected chi connectivity index (χ4v) is 2.71. The molecule has 0 saturated carbocycles. The van der Waals surface area contributed by atoms with Gasteiger partial charge in [0, 0.05) is 35.0 Å². The van der Waals surface area contributed by atoms with E-state index in [-0.39, 0.29) is 5.41 Å². The maximum Gasteiger partial charge on any atom is 0.128 e. The summed E-state index contributed by atoms with van der Waals surface area (Å²) in [7, 11) is 0. The highest BCUT2D eigenvalue weighted by molar-refractivity contribution is 6.42. The Hall–Kier alpha value is -1.51. The molecule has 1 aliphatic heterocycles. The summed E-state index contributed by atoms with van der Waals surface area (Å²) in [6.07, 6.45) is 5.82. The fraction of sp³-hybridized carbons (Fsp3) is 0.235. The van der Waals surface area contributed by atoms with Crippen molar-refractivity contribution < 1.29 is 4.74 Å². The minimum atomic E-state index is -0.0941. The Bertz CT molecular complexity index is 708. The van der Waals surface area contributed by atoms with E-state index in [2.05, 4.69) is 24.9 Å². The maximum absolute atomic E-state index is 6.19. The molecule has 0 aliphatic carbocycles. The molecule has 21 heavy (non-hydrogen) atoms. The second-order valence-corrected chi connectivity index (χ2v) is 6.65. The number of hydrogen-bond acceptors (Lipinski definition) is 2. The minimum absolute atomic E-state index is 0.0941. The van der Waals surface area contributed by atoms with Crippen LogP contribution < -0.4 is 4.74 Å². The molecule has 108 valence electrons. The van der Waals surface area contributed by atoms with Crippen LogP contribution in [0.2, 0.25) is 10.0 Å². The highest BCUT2D eigenvalue weighted by Crippen LogP contribution is 2.41. The first-order valence-electron chi connectivity index (χ1n) is 6.72. The lowest BCUT2D eigenvalue weighted by Gasteiger charge is -2.18. The monoisotopic (exact) mass is 319 g/mol. The first kappa shape index (κ1) is 14.4. The zero-order chi connectivity index (χ0) is 15.0. The van der Waals surface area contributed by atoms with Crippen LogP contribution in [0.15, 0.2) is 42.7 Å². The van der Waals surface area contributed by atoms with Crippen LogP contribution in [-0.2, 0) is 0 Å². The number of nitrogens with zero attached hydrogens (tertiary/aromatic N) is 1. The number of pyridine rings is 1. The van der Waals surface area contributed by atoms with Gasteiger partial charge < -0.3 is 4.74 Å². The van der Waals surface area contributed by atoms with Gasteiger partial charge in [-0.3, -0.25) is 4.98 Å². The predicted molar refractivity (Wildman–Crippen MR) is 87.1 cm³/mol. The summed E-state index contributed by atoms with van der Waals surface area (Å²) in [5.74, 6) is 0.755. The lowest BCUT2D eigenvalue weighted by atomic mass is 9.88. The van der Waals surface area contributed by atoms with E-state index in [9.17, 15) is 0 Å². The topological polar surface area (TPSA) is 22.1 Å². The molecule has 1 aromatic heterocycles. The number of ether oxygens (including phenoxy) is 1. The van der Waals surface area contributed by atoms with Crippen LogP contribution in [0.1, 0.15) is 25.0 Å². The van der Waals surface area contributed by atoms with Gasteiger partial charge in [0.25, 0.3) is 0 Å². The normalized spacial score (nSPS) is 16.5. The van der Waals surface area contributed by atoms with Gasteiger partial charge in [-0.25, -0.2) is 0 Å². The van der Waals surface area contributed by atoms with Crippen LogP contribution in [0.5, 0.6) is 5.75 Å². The van der Waals surface area contributed by atoms with E-state index in [1.54, 1.807) is 12.3 Å². The van der Waals surface area contributed by atoms with Crippen LogP contribution in [0.3, 0.4) is 0 Å². The van der Waals surface area contributed by atoms with E-state index in [1.807, 2.05) is 24.4 Å². The van der Waals surface area contributed by atoms with Crippen LogP contribution in [-0.4, -0.2) is 11.6 Å². The van der Waals surface area contributed by atoms with Gasteiger partial charge in [-0.05, 0) is 17.7 Å². The van der Waals surface area contributed by atoms with Crippen molar-refractivity contribution in [3.63, 3.8) is 0 Å². The molecular weight excluding hydrogens is 305 g/mol. The molecule has 2 heterocycles. The average molecular weight is 320 g/mol. The molecule has 0 N–H and O–H groups in total. The molecule has 0 bridgehead atoms. The molecule has 2 nitrogen and oxygen atoms in total. The van der Waals surface area contributed by atoms with Gasteiger partial charge in [0.15, 0.2) is 0 Å². The van der Waals surface area contributed by atoms with E-state index in [0.717, 1.165) is 22.4 Å². The molecule has 0 fully saturated rings. The Balaban J connectivity index is 2.24. The summed E-state index contributed by atoms with van der Waals surface area (Å²) in [4.78, 5) is 4.21. The summed E-state index contributed by atoms with van der Waals surface area (Å²) in [6, 6.07) is 7.60. The van der Waals surface area contributed by atoms with Crippen molar-refractivity contribution in [2.75, 3.05) is 6.61 Å². The van der Waals surface area contributed by atoms with Crippen molar-refractivity contribution in [2.24, 2.45) is 5.41 Å². The van der Waals surface area contributed by atoms with Crippen LogP contribution in [0, 0.1) is 5.41 Å². The van der Waals surface area contributed by atoms with Gasteiger partial charge in [-0.2, -0.15) is 0 Å². The van der Waals surface area contributed by atoms with Gasteiger partial charge in [-0.1, -0.05) is 49.2 Å². The maximum atomic E-state index is 6.19. The Morgan fingerprint density at radius 2 is 1.95 bits per heavy atom. The minimum Gasteiger partial charge on any atom is -0.492 e. The molecule has 0 unspecified atom stereocenters. The van der Waals surface area contributed by atoms with E-state index in [1.165, 1.54) is 0 Å². The predicted octanol–water partition coefficient (Wildman–Crippen LogP) is 5.24. The van der Waals surface area contributed by atoms with Gasteiger partial charge >= 0.3 is 0 Å². The van der Waals surface area contributed by atoms with E-state index in [0.29, 0.717) is 16.7 Å². The molecule has 2 aromatic rings. The molecule has 0 atom stereocenters. The van der Waals surface area contributed by atoms with Gasteiger partial charge in [0.05, 0.1) is 16.7 Å². The Kier molecular flexibility index (Phi) is 3.68. The number of hydrogen-bond donors (Lipinski definition) is 0. The number of halogens is 2. The highest BCUT2D eigenvalue weighted by Gasteiger charge is 2.25. The third kappa shape index (κ3) is 2.92. The number of aromatic nitrogens is 1. The van der Waals surface area contributed by atoms with Crippen molar-refractivity contribution in [1.82, 2.24) is 4.98 Å². The van der Waals surface area contributed by atoms with E-state index < -0.39 is 0 Å². The second kappa shape index (κ2) is 5.36. The highest BCUT2D eigenvalue weighted by atomic mass is 35.5. The fourth-order valence-electron chi connectivity index (χ4n) is 2.39. The first-order valence-corrected chi connectivity index (χ1v) is 7.47. The van der Waals surface area contributed by atoms with E-state index >= 15 is 0 Å². The molecule has 1 aliphatic rings. The lowest BCUT2D eigenvalue weighted by Crippen LogP contribution is -2.17. The zero-order valence-electron chi connectivity index (χ0n) is 11.9. The van der Waals surface area contributed by atoms with Crippen molar-refractivity contribution in [1.29, 1.82) is 0 Å². The average Bonchev–Trinajstić information content (AvgIpc) is 2.58. The summed E-state index contributed by atoms with van der Waals surface area (Å²) < 4.78 is 5.94. The van der Waals surface area contributed by atoms with Crippen molar-refractivity contribution >= 4 is 28.8 Å². The van der Waals surface area contributed by atoms with Crippen LogP contribution in [0.4, 0.5) is 0 Å². The lowest BCUT2D eigenvalue weighted by molar-refractivity contribution is 0.225. The quantitative estimate of drug-likeness (QED) is 0.717. The Labute approximate surface area is 134 Å². The zero-order valence-corrected chi connectivity index (χ0v) is 13.4. The standard InChI is InChI=1S/C17H15Cl2NO/c1-17(2)8-13(11-4-3-5-20-9-11)12-6-14(18)15(19)7-16(12)21-10-17/h3-9H,10H2,1-2H3. The van der Waals surface area contributed by atoms with Crippen LogP contribution in [0.25, 0.3) is 5.57 Å². The molecule has 0 spiro atoms. The molecule has 0 saturated heterocycles. The van der Waals surface area contributed by atoms with Gasteiger partial charge in [0.2, 0.25) is 0 Å². The molecular formula is C17H15Cl2NO. The SMILES string of the molecule is CC1(C)C=C(c2cccnc2)c2cc(Cl)c(Cl)cc2OC1. The number of rotatable bonds is 1. The van der Waals surface area contributed by atoms with Crippen molar-refractivity contribution in [2.45, 2.75) is 13.8 Å². The summed E-state index contributed by atoms with van der Waals surface area (Å²) >= 11 is 12.3. The smallest absolute Gasteiger partial charge is 0.128 e. The summed E-state index contributed by atoms with van der Waals surface area (Å²) in [5.41, 5.74) is 2.96. The molecule has 1 aromatic carbocycles. The summed E-state index contributed by atoms with van der Waals surface area (Å²) in [5, 5.41) is 1.02. The molecule has 3 rings (SSSR count). The number of fused-ring (bicyclic) bond motifs is 1. The molecule has 4 heteroatoms. The first-order chi connectivity index (χ1) is 9.96. The third-order valence-corrected chi connectivity index (χ3v) is 4.14. The largest absolute Gasteiger partial charge is 0.492 e. The van der Waals surface area contributed by atoms with Crippen molar-refractivity contribution in [3.8, 4) is 5.75 Å². The van der Waals surface area contributed by atoms with Crippen LogP contribution >= 0.6 is 23.2 Å². The third-order valence-electron chi connectivity index (χ3n) is 3.42. The summed E-state index contributed by atoms with van der Waals surface area (Å²) in [6.45, 7) is 4.86. The Morgan fingerprint density at radius 3 is 2.67 bits per heavy atom. The van der Waals surface area contributed by atoms with E-state index in [4.69, 9.17) is 27.9 Å². The molecule has 0 radical (unpaired) electrons. The van der Waals surface area contributed by atoms with Crippen molar-refractivity contribution in [3.05, 3.63) is 63.9 Å². The second-order valence-electron chi connectivity index (χ2n) is 5.84. The molecule has 0 amide bonds. The number of benzene rings is 1. The van der Waals surface area contributed by atoms with Gasteiger partial charge in [0.1, 0.15) is 5.75 Å². The Morgan fingerprint density at radius 1 is 1.19 bits per heavy atom.